The van der Waals surface area contributed by atoms with Gasteiger partial charge in [0.25, 0.3) is 5.91 Å². The van der Waals surface area contributed by atoms with Crippen LogP contribution in [0.25, 0.3) is 0 Å². The predicted molar refractivity (Wildman–Crippen MR) is 75.9 cm³/mol. The molecule has 0 spiro atoms. The van der Waals surface area contributed by atoms with Crippen LogP contribution >= 0.6 is 0 Å². The molecule has 0 aliphatic rings. The second-order valence-corrected chi connectivity index (χ2v) is 4.44. The van der Waals surface area contributed by atoms with Crippen molar-refractivity contribution in [2.24, 2.45) is 5.84 Å². The molecule has 20 heavy (non-hydrogen) atoms. The summed E-state index contributed by atoms with van der Waals surface area (Å²) in [5.41, 5.74) is 4.66. The lowest BCUT2D eigenvalue weighted by molar-refractivity contribution is 0.102. The van der Waals surface area contributed by atoms with E-state index in [1.807, 2.05) is 0 Å². The Morgan fingerprint density at radius 3 is 2.70 bits per heavy atom. The highest BCUT2D eigenvalue weighted by molar-refractivity contribution is 6.05. The van der Waals surface area contributed by atoms with Crippen LogP contribution in [0.4, 0.5) is 15.9 Å². The van der Waals surface area contributed by atoms with Crippen LogP contribution in [0.15, 0.2) is 30.3 Å². The second-order valence-electron chi connectivity index (χ2n) is 4.44. The Morgan fingerprint density at radius 1 is 1.25 bits per heavy atom. The molecule has 1 amide bonds. The van der Waals surface area contributed by atoms with Crippen molar-refractivity contribution in [3.05, 3.63) is 53.0 Å². The topological polar surface area (TPSA) is 80.0 Å². The third-order valence-electron chi connectivity index (χ3n) is 2.81. The van der Waals surface area contributed by atoms with Gasteiger partial charge in [-0.2, -0.15) is 0 Å². The largest absolute Gasteiger partial charge is 0.322 e. The first-order valence-corrected chi connectivity index (χ1v) is 6.02. The first-order valence-electron chi connectivity index (χ1n) is 6.02. The summed E-state index contributed by atoms with van der Waals surface area (Å²) in [6, 6.07) is 7.39. The Morgan fingerprint density at radius 2 is 2.00 bits per heavy atom. The highest BCUT2D eigenvalue weighted by atomic mass is 19.1. The maximum atomic E-state index is 13.2. The van der Waals surface area contributed by atoms with E-state index < -0.39 is 5.82 Å². The van der Waals surface area contributed by atoms with Crippen molar-refractivity contribution in [2.75, 3.05) is 10.7 Å². The van der Waals surface area contributed by atoms with E-state index in [1.165, 1.54) is 18.2 Å². The molecule has 2 rings (SSSR count). The van der Waals surface area contributed by atoms with Crippen LogP contribution in [0, 0.1) is 19.7 Å². The molecule has 0 aliphatic heterocycles. The van der Waals surface area contributed by atoms with E-state index in [4.69, 9.17) is 5.84 Å². The number of nitrogens with two attached hydrogens (primary N) is 1. The predicted octanol–water partition coefficient (Wildman–Crippen LogP) is 2.38. The van der Waals surface area contributed by atoms with Crippen LogP contribution in [-0.2, 0) is 0 Å². The Kier molecular flexibility index (Phi) is 3.95. The van der Waals surface area contributed by atoms with Crippen molar-refractivity contribution in [3.63, 3.8) is 0 Å². The number of halogens is 1. The van der Waals surface area contributed by atoms with E-state index in [2.05, 4.69) is 15.7 Å². The SMILES string of the molecule is Cc1cc(C(=O)Nc2cc(F)ccc2C)cc(NN)n1. The molecule has 0 saturated heterocycles. The number of amides is 1. The lowest BCUT2D eigenvalue weighted by Crippen LogP contribution is -2.15. The van der Waals surface area contributed by atoms with Gasteiger partial charge in [0.05, 0.1) is 0 Å². The van der Waals surface area contributed by atoms with E-state index in [0.29, 0.717) is 22.8 Å². The summed E-state index contributed by atoms with van der Waals surface area (Å²) in [7, 11) is 0. The number of rotatable bonds is 3. The van der Waals surface area contributed by atoms with Gasteiger partial charge in [-0.15, -0.1) is 0 Å². The summed E-state index contributed by atoms with van der Waals surface area (Å²) in [6.45, 7) is 3.55. The van der Waals surface area contributed by atoms with Gasteiger partial charge in [0.2, 0.25) is 0 Å². The minimum absolute atomic E-state index is 0.347. The fourth-order valence-electron chi connectivity index (χ4n) is 1.80. The van der Waals surface area contributed by atoms with Crippen molar-refractivity contribution < 1.29 is 9.18 Å². The molecule has 0 radical (unpaired) electrons. The molecule has 1 heterocycles. The smallest absolute Gasteiger partial charge is 0.255 e. The normalized spacial score (nSPS) is 10.2. The third-order valence-corrected chi connectivity index (χ3v) is 2.81. The van der Waals surface area contributed by atoms with Crippen molar-refractivity contribution in [2.45, 2.75) is 13.8 Å². The molecule has 0 saturated carbocycles. The number of hydrogen-bond acceptors (Lipinski definition) is 4. The molecule has 1 aromatic heterocycles. The Bertz CT molecular complexity index is 658. The van der Waals surface area contributed by atoms with Gasteiger partial charge >= 0.3 is 0 Å². The molecule has 104 valence electrons. The monoisotopic (exact) mass is 274 g/mol. The van der Waals surface area contributed by atoms with Gasteiger partial charge in [0, 0.05) is 16.9 Å². The zero-order valence-corrected chi connectivity index (χ0v) is 11.2. The zero-order valence-electron chi connectivity index (χ0n) is 11.2. The number of aromatic nitrogens is 1. The molecule has 2 aromatic rings. The third kappa shape index (κ3) is 3.10. The number of aryl methyl sites for hydroxylation is 2. The fourth-order valence-corrected chi connectivity index (χ4v) is 1.80. The highest BCUT2D eigenvalue weighted by Gasteiger charge is 2.10. The minimum Gasteiger partial charge on any atom is -0.322 e. The minimum atomic E-state index is -0.402. The van der Waals surface area contributed by atoms with Crippen molar-refractivity contribution in [1.29, 1.82) is 0 Å². The van der Waals surface area contributed by atoms with Crippen molar-refractivity contribution in [1.82, 2.24) is 4.98 Å². The molecule has 0 aliphatic carbocycles. The molecule has 0 unspecified atom stereocenters. The highest BCUT2D eigenvalue weighted by Crippen LogP contribution is 2.18. The molecule has 5 nitrogen and oxygen atoms in total. The Hall–Kier alpha value is -2.47. The summed E-state index contributed by atoms with van der Waals surface area (Å²) in [4.78, 5) is 16.3. The number of nitrogen functional groups attached to an aromatic ring is 1. The number of anilines is 2. The summed E-state index contributed by atoms with van der Waals surface area (Å²) in [5, 5.41) is 2.67. The van der Waals surface area contributed by atoms with E-state index in [-0.39, 0.29) is 5.91 Å². The van der Waals surface area contributed by atoms with Gasteiger partial charge in [0.15, 0.2) is 0 Å². The molecule has 4 N–H and O–H groups in total. The van der Waals surface area contributed by atoms with Gasteiger partial charge in [-0.1, -0.05) is 6.07 Å². The number of benzene rings is 1. The molecular formula is C14H15FN4O. The van der Waals surface area contributed by atoms with E-state index in [1.54, 1.807) is 26.0 Å². The van der Waals surface area contributed by atoms with E-state index in [9.17, 15) is 9.18 Å². The van der Waals surface area contributed by atoms with Crippen LogP contribution < -0.4 is 16.6 Å². The second kappa shape index (κ2) is 5.66. The molecular weight excluding hydrogens is 259 g/mol. The van der Waals surface area contributed by atoms with E-state index in [0.717, 1.165) is 5.56 Å². The average Bonchev–Trinajstić information content (AvgIpc) is 2.42. The number of carbonyl (C=O) groups excluding carboxylic acids is 1. The molecule has 0 fully saturated rings. The van der Waals surface area contributed by atoms with Crippen LogP contribution in [0.5, 0.6) is 0 Å². The number of pyridine rings is 1. The lowest BCUT2D eigenvalue weighted by Gasteiger charge is -2.10. The molecule has 1 aromatic carbocycles. The summed E-state index contributed by atoms with van der Waals surface area (Å²) in [5.74, 6) is 4.94. The molecule has 0 bridgehead atoms. The number of hydrazine groups is 1. The van der Waals surface area contributed by atoms with Crippen LogP contribution in [0.2, 0.25) is 0 Å². The van der Waals surface area contributed by atoms with Crippen molar-refractivity contribution >= 4 is 17.4 Å². The maximum absolute atomic E-state index is 13.2. The van der Waals surface area contributed by atoms with Gasteiger partial charge in [-0.3, -0.25) is 4.79 Å². The van der Waals surface area contributed by atoms with Crippen LogP contribution in [0.3, 0.4) is 0 Å². The zero-order chi connectivity index (χ0) is 14.7. The van der Waals surface area contributed by atoms with Gasteiger partial charge in [-0.05, 0) is 43.7 Å². The standard InChI is InChI=1S/C14H15FN4O/c1-8-3-4-11(15)7-12(8)18-14(20)10-5-9(2)17-13(6-10)19-16/h3-7H,16H2,1-2H3,(H,17,19)(H,18,20). The summed E-state index contributed by atoms with van der Waals surface area (Å²) < 4.78 is 13.2. The van der Waals surface area contributed by atoms with Gasteiger partial charge < -0.3 is 10.7 Å². The van der Waals surface area contributed by atoms with Crippen molar-refractivity contribution in [3.8, 4) is 0 Å². The number of carbonyl (C=O) groups is 1. The first kappa shape index (κ1) is 14.0. The molecule has 6 heteroatoms. The number of hydrogen-bond donors (Lipinski definition) is 3. The Labute approximate surface area is 116 Å². The summed E-state index contributed by atoms with van der Waals surface area (Å²) >= 11 is 0. The number of nitrogens with zero attached hydrogens (tertiary/aromatic N) is 1. The number of nitrogens with one attached hydrogen (secondary N) is 2. The van der Waals surface area contributed by atoms with Gasteiger partial charge in [0.1, 0.15) is 11.6 Å². The lowest BCUT2D eigenvalue weighted by atomic mass is 10.1. The Balaban J connectivity index is 2.28. The van der Waals surface area contributed by atoms with Gasteiger partial charge in [-0.25, -0.2) is 15.2 Å². The van der Waals surface area contributed by atoms with Crippen LogP contribution in [0.1, 0.15) is 21.6 Å². The summed E-state index contributed by atoms with van der Waals surface area (Å²) in [6.07, 6.45) is 0. The average molecular weight is 274 g/mol. The van der Waals surface area contributed by atoms with Crippen LogP contribution in [-0.4, -0.2) is 10.9 Å². The van der Waals surface area contributed by atoms with E-state index >= 15 is 0 Å². The maximum Gasteiger partial charge on any atom is 0.255 e. The first-order chi connectivity index (χ1) is 9.49. The molecule has 0 atom stereocenters. The quantitative estimate of drug-likeness (QED) is 0.593. The fraction of sp³-hybridized carbons (Fsp3) is 0.143.